The van der Waals surface area contributed by atoms with E-state index in [-0.39, 0.29) is 16.3 Å². The molecule has 2 rings (SSSR count). The van der Waals surface area contributed by atoms with Gasteiger partial charge in [0.05, 0.1) is 16.0 Å². The molecule has 1 N–H and O–H groups in total. The van der Waals surface area contributed by atoms with Crippen molar-refractivity contribution < 1.29 is 17.9 Å². The van der Waals surface area contributed by atoms with Crippen LogP contribution in [0.15, 0.2) is 58.6 Å². The van der Waals surface area contributed by atoms with E-state index >= 15 is 0 Å². The number of nitroso groups, excluding NO2 is 1. The highest BCUT2D eigenvalue weighted by Crippen LogP contribution is 2.28. The first-order valence-electron chi connectivity index (χ1n) is 8.31. The number of benzene rings is 2. The molecule has 27 heavy (non-hydrogen) atoms. The van der Waals surface area contributed by atoms with Crippen molar-refractivity contribution in [2.75, 3.05) is 4.72 Å². The van der Waals surface area contributed by atoms with Gasteiger partial charge in [0.25, 0.3) is 10.0 Å². The van der Waals surface area contributed by atoms with E-state index < -0.39 is 27.4 Å². The normalized spacial score (nSPS) is 12.9. The molecule has 144 valence electrons. The SMILES string of the molecule is CC(N=O)c1ccccc1NS(=O)(=O)c1ccc(OC(=O)C(C)(C)C)cc1. The number of hydrogen-bond acceptors (Lipinski definition) is 6. The van der Waals surface area contributed by atoms with Crippen molar-refractivity contribution >= 4 is 21.7 Å². The zero-order valence-corrected chi connectivity index (χ0v) is 16.4. The largest absolute Gasteiger partial charge is 0.426 e. The van der Waals surface area contributed by atoms with Crippen LogP contribution in [0.25, 0.3) is 0 Å². The Balaban J connectivity index is 2.23. The third-order valence-electron chi connectivity index (χ3n) is 3.77. The number of rotatable bonds is 6. The van der Waals surface area contributed by atoms with Crippen LogP contribution in [0.2, 0.25) is 0 Å². The topological polar surface area (TPSA) is 102 Å². The molecule has 0 saturated heterocycles. The fourth-order valence-corrected chi connectivity index (χ4v) is 3.25. The first-order valence-corrected chi connectivity index (χ1v) is 9.79. The van der Waals surface area contributed by atoms with Crippen molar-refractivity contribution in [2.45, 2.75) is 38.6 Å². The lowest BCUT2D eigenvalue weighted by molar-refractivity contribution is -0.143. The number of esters is 1. The highest BCUT2D eigenvalue weighted by Gasteiger charge is 2.24. The summed E-state index contributed by atoms with van der Waals surface area (Å²) in [6.07, 6.45) is 0. The van der Waals surface area contributed by atoms with Gasteiger partial charge in [0.2, 0.25) is 0 Å². The van der Waals surface area contributed by atoms with Crippen LogP contribution in [0.1, 0.15) is 39.3 Å². The number of nitrogens with one attached hydrogen (secondary N) is 1. The Morgan fingerprint density at radius 1 is 1.07 bits per heavy atom. The van der Waals surface area contributed by atoms with Crippen LogP contribution in [0, 0.1) is 10.3 Å². The molecule has 0 spiro atoms. The van der Waals surface area contributed by atoms with Gasteiger partial charge in [0, 0.05) is 5.56 Å². The second-order valence-corrected chi connectivity index (χ2v) is 8.77. The molecule has 8 heteroatoms. The average Bonchev–Trinajstić information content (AvgIpc) is 2.61. The number of hydrogen-bond donors (Lipinski definition) is 1. The monoisotopic (exact) mass is 390 g/mol. The molecular formula is C19H22N2O5S. The molecule has 1 atom stereocenters. The quantitative estimate of drug-likeness (QED) is 0.451. The number of nitrogens with zero attached hydrogens (tertiary/aromatic N) is 1. The van der Waals surface area contributed by atoms with E-state index in [1.54, 1.807) is 52.0 Å². The van der Waals surface area contributed by atoms with Crippen molar-refractivity contribution in [3.63, 3.8) is 0 Å². The third kappa shape index (κ3) is 5.13. The van der Waals surface area contributed by atoms with Crippen molar-refractivity contribution in [1.29, 1.82) is 0 Å². The molecule has 0 radical (unpaired) electrons. The molecule has 0 saturated carbocycles. The molecule has 2 aromatic rings. The van der Waals surface area contributed by atoms with Crippen LogP contribution in [-0.2, 0) is 14.8 Å². The number of para-hydroxylation sites is 1. The summed E-state index contributed by atoms with van der Waals surface area (Å²) in [6.45, 7) is 6.76. The van der Waals surface area contributed by atoms with Gasteiger partial charge in [0.15, 0.2) is 0 Å². The molecule has 0 heterocycles. The van der Waals surface area contributed by atoms with Gasteiger partial charge in [-0.05, 0) is 58.0 Å². The maximum atomic E-state index is 12.6. The van der Waals surface area contributed by atoms with Gasteiger partial charge in [-0.25, -0.2) is 8.42 Å². The number of ether oxygens (including phenoxy) is 1. The number of carbonyl (C=O) groups is 1. The van der Waals surface area contributed by atoms with Gasteiger partial charge < -0.3 is 4.74 Å². The zero-order chi connectivity index (χ0) is 20.2. The standard InChI is InChI=1S/C19H22N2O5S/c1-13(20-23)16-7-5-6-8-17(16)21-27(24,25)15-11-9-14(10-12-15)26-18(22)19(2,3)4/h5-13,21H,1-4H3. The smallest absolute Gasteiger partial charge is 0.316 e. The van der Waals surface area contributed by atoms with Gasteiger partial charge in [-0.1, -0.05) is 23.4 Å². The lowest BCUT2D eigenvalue weighted by Gasteiger charge is -2.16. The highest BCUT2D eigenvalue weighted by atomic mass is 32.2. The third-order valence-corrected chi connectivity index (χ3v) is 5.15. The fourth-order valence-electron chi connectivity index (χ4n) is 2.16. The molecule has 0 aliphatic heterocycles. The predicted octanol–water partition coefficient (Wildman–Crippen LogP) is 4.27. The van der Waals surface area contributed by atoms with Gasteiger partial charge in [-0.15, -0.1) is 0 Å². The predicted molar refractivity (Wildman–Crippen MR) is 103 cm³/mol. The van der Waals surface area contributed by atoms with E-state index in [1.165, 1.54) is 24.3 Å². The summed E-state index contributed by atoms with van der Waals surface area (Å²) in [4.78, 5) is 22.7. The van der Waals surface area contributed by atoms with E-state index in [0.29, 0.717) is 5.56 Å². The second kappa shape index (κ2) is 7.87. The van der Waals surface area contributed by atoms with Crippen LogP contribution in [-0.4, -0.2) is 14.4 Å². The van der Waals surface area contributed by atoms with Crippen LogP contribution >= 0.6 is 0 Å². The second-order valence-electron chi connectivity index (χ2n) is 7.09. The van der Waals surface area contributed by atoms with Crippen molar-refractivity contribution in [1.82, 2.24) is 0 Å². The lowest BCUT2D eigenvalue weighted by atomic mass is 9.97. The Morgan fingerprint density at radius 2 is 1.67 bits per heavy atom. The minimum absolute atomic E-state index is 0.000393. The van der Waals surface area contributed by atoms with Gasteiger partial charge in [-0.3, -0.25) is 9.52 Å². The van der Waals surface area contributed by atoms with E-state index in [0.717, 1.165) is 0 Å². The zero-order valence-electron chi connectivity index (χ0n) is 15.6. The van der Waals surface area contributed by atoms with E-state index in [9.17, 15) is 18.1 Å². The maximum absolute atomic E-state index is 12.6. The molecule has 0 aliphatic rings. The summed E-state index contributed by atoms with van der Waals surface area (Å²) < 4.78 is 33.0. The molecular weight excluding hydrogens is 368 g/mol. The molecule has 0 fully saturated rings. The molecule has 1 unspecified atom stereocenters. The van der Waals surface area contributed by atoms with Crippen LogP contribution in [0.4, 0.5) is 5.69 Å². The Morgan fingerprint density at radius 3 is 2.22 bits per heavy atom. The maximum Gasteiger partial charge on any atom is 0.316 e. The first kappa shape index (κ1) is 20.6. The van der Waals surface area contributed by atoms with Gasteiger partial charge in [-0.2, -0.15) is 4.91 Å². The summed E-state index contributed by atoms with van der Waals surface area (Å²) >= 11 is 0. The molecule has 0 amide bonds. The van der Waals surface area contributed by atoms with Crippen molar-refractivity contribution in [2.24, 2.45) is 10.6 Å². The van der Waals surface area contributed by atoms with E-state index in [4.69, 9.17) is 4.74 Å². The molecule has 0 aromatic heterocycles. The van der Waals surface area contributed by atoms with E-state index in [1.807, 2.05) is 0 Å². The Bertz CT molecular complexity index is 931. The van der Waals surface area contributed by atoms with Crippen LogP contribution in [0.5, 0.6) is 5.75 Å². The van der Waals surface area contributed by atoms with Gasteiger partial charge in [0.1, 0.15) is 11.8 Å². The number of anilines is 1. The lowest BCUT2D eigenvalue weighted by Crippen LogP contribution is -2.25. The summed E-state index contributed by atoms with van der Waals surface area (Å²) in [5.41, 5.74) is 0.0962. The molecule has 2 aromatic carbocycles. The highest BCUT2D eigenvalue weighted by molar-refractivity contribution is 7.92. The summed E-state index contributed by atoms with van der Waals surface area (Å²) in [5.74, 6) is -0.159. The number of sulfonamides is 1. The van der Waals surface area contributed by atoms with E-state index in [2.05, 4.69) is 9.90 Å². The van der Waals surface area contributed by atoms with Gasteiger partial charge >= 0.3 is 5.97 Å². The van der Waals surface area contributed by atoms with Crippen LogP contribution in [0.3, 0.4) is 0 Å². The van der Waals surface area contributed by atoms with Crippen molar-refractivity contribution in [3.05, 3.63) is 59.0 Å². The minimum atomic E-state index is -3.89. The Kier molecular flexibility index (Phi) is 6.00. The van der Waals surface area contributed by atoms with Crippen molar-refractivity contribution in [3.8, 4) is 5.75 Å². The Hall–Kier alpha value is -2.74. The minimum Gasteiger partial charge on any atom is -0.426 e. The fraction of sp³-hybridized carbons (Fsp3) is 0.316. The summed E-state index contributed by atoms with van der Waals surface area (Å²) in [7, 11) is -3.89. The Labute approximate surface area is 158 Å². The molecule has 0 bridgehead atoms. The molecule has 7 nitrogen and oxygen atoms in total. The number of carbonyl (C=O) groups excluding carboxylic acids is 1. The van der Waals surface area contributed by atoms with Crippen LogP contribution < -0.4 is 9.46 Å². The average molecular weight is 390 g/mol. The molecule has 0 aliphatic carbocycles. The first-order chi connectivity index (χ1) is 12.5. The summed E-state index contributed by atoms with van der Waals surface area (Å²) in [5, 5.41) is 2.95. The summed E-state index contributed by atoms with van der Waals surface area (Å²) in [6, 6.07) is 11.4.